The normalized spacial score (nSPS) is 11.0. The monoisotopic (exact) mass is 397 g/mol. The number of carbonyl (C=O) groups excluding carboxylic acids is 2. The molecule has 0 radical (unpaired) electrons. The fourth-order valence-electron chi connectivity index (χ4n) is 2.00. The van der Waals surface area contributed by atoms with Crippen molar-refractivity contribution in [3.8, 4) is 0 Å². The van der Waals surface area contributed by atoms with E-state index in [0.717, 1.165) is 11.3 Å². The van der Waals surface area contributed by atoms with Gasteiger partial charge in [-0.05, 0) is 18.6 Å². The van der Waals surface area contributed by atoms with E-state index in [9.17, 15) is 18.0 Å². The lowest BCUT2D eigenvalue weighted by atomic mass is 10.3. The molecule has 0 saturated heterocycles. The van der Waals surface area contributed by atoms with Crippen molar-refractivity contribution in [2.45, 2.75) is 24.2 Å². The maximum Gasteiger partial charge on any atom is 0.305 e. The Kier molecular flexibility index (Phi) is 7.10. The SMILES string of the molecule is COC(=O)CCCNC(=O)Cc1csc(NS(=O)(=O)c2ccccc2)n1. The number of hydrogen-bond donors (Lipinski definition) is 2. The quantitative estimate of drug-likeness (QED) is 0.490. The summed E-state index contributed by atoms with van der Waals surface area (Å²) < 4.78 is 31.4. The maximum atomic E-state index is 12.2. The highest BCUT2D eigenvalue weighted by atomic mass is 32.2. The second kappa shape index (κ2) is 9.30. The van der Waals surface area contributed by atoms with Gasteiger partial charge in [-0.25, -0.2) is 13.4 Å². The van der Waals surface area contributed by atoms with Crippen LogP contribution in [0.1, 0.15) is 18.5 Å². The van der Waals surface area contributed by atoms with Crippen molar-refractivity contribution in [3.63, 3.8) is 0 Å². The number of thiazole rings is 1. The average Bonchev–Trinajstić information content (AvgIpc) is 3.05. The zero-order valence-corrected chi connectivity index (χ0v) is 15.7. The van der Waals surface area contributed by atoms with Crippen molar-refractivity contribution in [2.75, 3.05) is 18.4 Å². The number of hydrogen-bond acceptors (Lipinski definition) is 7. The number of benzene rings is 1. The van der Waals surface area contributed by atoms with Crippen molar-refractivity contribution in [2.24, 2.45) is 0 Å². The molecule has 8 nitrogen and oxygen atoms in total. The third kappa shape index (κ3) is 6.12. The van der Waals surface area contributed by atoms with Crippen LogP contribution >= 0.6 is 11.3 Å². The molecule has 0 aliphatic rings. The fraction of sp³-hybridized carbons (Fsp3) is 0.312. The van der Waals surface area contributed by atoms with E-state index in [1.807, 2.05) is 0 Å². The molecule has 1 heterocycles. The Balaban J connectivity index is 1.84. The van der Waals surface area contributed by atoms with Gasteiger partial charge in [0.05, 0.1) is 24.1 Å². The lowest BCUT2D eigenvalue weighted by Gasteiger charge is -2.04. The summed E-state index contributed by atoms with van der Waals surface area (Å²) in [6.07, 6.45) is 0.748. The number of anilines is 1. The Morgan fingerprint density at radius 2 is 1.96 bits per heavy atom. The summed E-state index contributed by atoms with van der Waals surface area (Å²) in [6.45, 7) is 0.353. The van der Waals surface area contributed by atoms with Gasteiger partial charge in [-0.1, -0.05) is 18.2 Å². The topological polar surface area (TPSA) is 114 Å². The zero-order valence-electron chi connectivity index (χ0n) is 14.1. The Morgan fingerprint density at radius 3 is 2.65 bits per heavy atom. The van der Waals surface area contributed by atoms with E-state index in [1.165, 1.54) is 19.2 Å². The Hall–Kier alpha value is -2.46. The molecule has 10 heteroatoms. The molecule has 140 valence electrons. The molecule has 0 saturated carbocycles. The summed E-state index contributed by atoms with van der Waals surface area (Å²) in [5, 5.41) is 4.49. The van der Waals surface area contributed by atoms with Crippen LogP contribution in [0.25, 0.3) is 0 Å². The van der Waals surface area contributed by atoms with Crippen LogP contribution in [0.15, 0.2) is 40.6 Å². The van der Waals surface area contributed by atoms with Crippen LogP contribution in [0.5, 0.6) is 0 Å². The molecule has 0 bridgehead atoms. The van der Waals surface area contributed by atoms with Crippen molar-refractivity contribution < 1.29 is 22.7 Å². The van der Waals surface area contributed by atoms with Gasteiger partial charge >= 0.3 is 5.97 Å². The Morgan fingerprint density at radius 1 is 1.23 bits per heavy atom. The molecule has 1 aromatic carbocycles. The van der Waals surface area contributed by atoms with Gasteiger partial charge in [0, 0.05) is 18.3 Å². The predicted octanol–water partition coefficient (Wildman–Crippen LogP) is 1.56. The summed E-state index contributed by atoms with van der Waals surface area (Å²) in [5.41, 5.74) is 0.464. The molecule has 1 amide bonds. The lowest BCUT2D eigenvalue weighted by molar-refractivity contribution is -0.140. The minimum Gasteiger partial charge on any atom is -0.469 e. The van der Waals surface area contributed by atoms with E-state index >= 15 is 0 Å². The second-order valence-electron chi connectivity index (χ2n) is 5.27. The molecule has 0 fully saturated rings. The summed E-state index contributed by atoms with van der Waals surface area (Å²) in [6, 6.07) is 7.96. The highest BCUT2D eigenvalue weighted by Gasteiger charge is 2.16. The molecule has 0 aliphatic heterocycles. The summed E-state index contributed by atoms with van der Waals surface area (Å²) in [4.78, 5) is 27.1. The Labute approximate surface area is 155 Å². The molecule has 0 aliphatic carbocycles. The van der Waals surface area contributed by atoms with Crippen LogP contribution in [-0.2, 0) is 30.8 Å². The van der Waals surface area contributed by atoms with E-state index in [-0.39, 0.29) is 34.7 Å². The number of rotatable bonds is 9. The number of esters is 1. The average molecular weight is 397 g/mol. The van der Waals surface area contributed by atoms with Gasteiger partial charge < -0.3 is 10.1 Å². The predicted molar refractivity (Wildman–Crippen MR) is 97.3 cm³/mol. The van der Waals surface area contributed by atoms with Crippen LogP contribution in [0.2, 0.25) is 0 Å². The van der Waals surface area contributed by atoms with Gasteiger partial charge in [0.2, 0.25) is 5.91 Å². The van der Waals surface area contributed by atoms with Gasteiger partial charge in [-0.2, -0.15) is 0 Å². The number of aromatic nitrogens is 1. The summed E-state index contributed by atoms with van der Waals surface area (Å²) in [5.74, 6) is -0.577. The summed E-state index contributed by atoms with van der Waals surface area (Å²) >= 11 is 1.11. The number of ether oxygens (including phenoxy) is 1. The number of methoxy groups -OCH3 is 1. The van der Waals surface area contributed by atoms with Crippen LogP contribution < -0.4 is 10.0 Å². The summed E-state index contributed by atoms with van der Waals surface area (Å²) in [7, 11) is -2.39. The second-order valence-corrected chi connectivity index (χ2v) is 7.81. The third-order valence-electron chi connectivity index (χ3n) is 3.28. The molecule has 2 aromatic rings. The molecule has 0 atom stereocenters. The minimum absolute atomic E-state index is 0.0296. The van der Waals surface area contributed by atoms with E-state index in [1.54, 1.807) is 23.6 Å². The molecule has 26 heavy (non-hydrogen) atoms. The number of nitrogens with zero attached hydrogens (tertiary/aromatic N) is 1. The first-order chi connectivity index (χ1) is 12.4. The van der Waals surface area contributed by atoms with E-state index < -0.39 is 10.0 Å². The van der Waals surface area contributed by atoms with Crippen LogP contribution in [0, 0.1) is 0 Å². The van der Waals surface area contributed by atoms with Crippen molar-refractivity contribution in [3.05, 3.63) is 41.4 Å². The van der Waals surface area contributed by atoms with E-state index in [4.69, 9.17) is 0 Å². The molecule has 2 N–H and O–H groups in total. The molecular weight excluding hydrogens is 378 g/mol. The van der Waals surface area contributed by atoms with E-state index in [2.05, 4.69) is 19.8 Å². The molecule has 1 aromatic heterocycles. The first kappa shape index (κ1) is 19.9. The van der Waals surface area contributed by atoms with Gasteiger partial charge in [0.25, 0.3) is 10.0 Å². The van der Waals surface area contributed by atoms with Crippen molar-refractivity contribution in [1.29, 1.82) is 0 Å². The number of sulfonamides is 1. The molecule has 0 spiro atoms. The zero-order chi connectivity index (χ0) is 19.0. The first-order valence-electron chi connectivity index (χ1n) is 7.76. The first-order valence-corrected chi connectivity index (χ1v) is 10.1. The van der Waals surface area contributed by atoms with E-state index in [0.29, 0.717) is 18.7 Å². The fourth-order valence-corrected chi connectivity index (χ4v) is 3.98. The van der Waals surface area contributed by atoms with Gasteiger partial charge in [0.15, 0.2) is 5.13 Å². The highest BCUT2D eigenvalue weighted by Crippen LogP contribution is 2.20. The van der Waals surface area contributed by atoms with Crippen molar-refractivity contribution >= 4 is 38.4 Å². The molecule has 0 unspecified atom stereocenters. The largest absolute Gasteiger partial charge is 0.469 e. The van der Waals surface area contributed by atoms with Gasteiger partial charge in [-0.15, -0.1) is 11.3 Å². The van der Waals surface area contributed by atoms with Gasteiger partial charge in [0.1, 0.15) is 0 Å². The standard InChI is InChI=1S/C16H19N3O5S2/c1-24-15(21)8-5-9-17-14(20)10-12-11-25-16(18-12)19-26(22,23)13-6-3-2-4-7-13/h2-4,6-7,11H,5,8-10H2,1H3,(H,17,20)(H,18,19). The lowest BCUT2D eigenvalue weighted by Crippen LogP contribution is -2.26. The molecular formula is C16H19N3O5S2. The van der Waals surface area contributed by atoms with Crippen LogP contribution in [0.4, 0.5) is 5.13 Å². The van der Waals surface area contributed by atoms with Crippen LogP contribution in [0.3, 0.4) is 0 Å². The number of nitrogens with one attached hydrogen (secondary N) is 2. The third-order valence-corrected chi connectivity index (χ3v) is 5.57. The van der Waals surface area contributed by atoms with Crippen LogP contribution in [-0.4, -0.2) is 38.9 Å². The smallest absolute Gasteiger partial charge is 0.305 e. The minimum atomic E-state index is -3.70. The van der Waals surface area contributed by atoms with Gasteiger partial charge in [-0.3, -0.25) is 14.3 Å². The number of amides is 1. The molecule has 2 rings (SSSR count). The highest BCUT2D eigenvalue weighted by molar-refractivity contribution is 7.93. The number of carbonyl (C=O) groups is 2. The maximum absolute atomic E-state index is 12.2. The Bertz CT molecular complexity index is 850. The van der Waals surface area contributed by atoms with Crippen molar-refractivity contribution in [1.82, 2.24) is 10.3 Å².